The van der Waals surface area contributed by atoms with Crippen molar-refractivity contribution in [2.24, 2.45) is 5.92 Å². The van der Waals surface area contributed by atoms with Crippen LogP contribution in [0.1, 0.15) is 25.2 Å². The lowest BCUT2D eigenvalue weighted by molar-refractivity contribution is 0.484. The van der Waals surface area contributed by atoms with Gasteiger partial charge in [0, 0.05) is 0 Å². The van der Waals surface area contributed by atoms with Crippen molar-refractivity contribution in [3.8, 4) is 0 Å². The Morgan fingerprint density at radius 2 is 2.06 bits per heavy atom. The molecule has 0 bridgehead atoms. The minimum Gasteiger partial charge on any atom is -0.341 e. The third-order valence-electron chi connectivity index (χ3n) is 3.37. The number of halogens is 2. The summed E-state index contributed by atoms with van der Waals surface area (Å²) in [5.74, 6) is 1.57. The molecule has 0 aliphatic carbocycles. The van der Waals surface area contributed by atoms with Crippen LogP contribution in [0.2, 0.25) is 10.0 Å². The van der Waals surface area contributed by atoms with Crippen LogP contribution in [0, 0.1) is 5.92 Å². The van der Waals surface area contributed by atoms with Crippen LogP contribution in [-0.4, -0.2) is 16.5 Å². The topological polar surface area (TPSA) is 40.7 Å². The average molecular weight is 270 g/mol. The maximum absolute atomic E-state index is 5.99. The van der Waals surface area contributed by atoms with E-state index >= 15 is 0 Å². The number of nitrogens with zero attached hydrogens (tertiary/aromatic N) is 1. The Bertz CT molecular complexity index is 525. The normalized spacial score (nSPS) is 24.6. The van der Waals surface area contributed by atoms with E-state index in [2.05, 4.69) is 22.2 Å². The van der Waals surface area contributed by atoms with E-state index in [-0.39, 0.29) is 0 Å². The number of hydrogen-bond acceptors (Lipinski definition) is 2. The molecule has 1 fully saturated rings. The van der Waals surface area contributed by atoms with Crippen LogP contribution < -0.4 is 5.32 Å². The van der Waals surface area contributed by atoms with Crippen LogP contribution >= 0.6 is 23.2 Å². The van der Waals surface area contributed by atoms with E-state index in [1.54, 1.807) is 6.07 Å². The molecule has 1 aliphatic heterocycles. The number of rotatable bonds is 1. The maximum Gasteiger partial charge on any atom is 0.124 e. The molecule has 2 N–H and O–H groups in total. The summed E-state index contributed by atoms with van der Waals surface area (Å²) in [6.07, 6.45) is 1.18. The van der Waals surface area contributed by atoms with E-state index in [0.29, 0.717) is 22.0 Å². The summed E-state index contributed by atoms with van der Waals surface area (Å²) in [4.78, 5) is 7.91. The van der Waals surface area contributed by atoms with Gasteiger partial charge in [-0.2, -0.15) is 0 Å². The second-order valence-electron chi connectivity index (χ2n) is 4.60. The molecule has 1 aromatic heterocycles. The van der Waals surface area contributed by atoms with Crippen molar-refractivity contribution >= 4 is 34.2 Å². The van der Waals surface area contributed by atoms with Gasteiger partial charge >= 0.3 is 0 Å². The molecule has 5 heteroatoms. The number of H-pyrrole nitrogens is 1. The molecule has 3 rings (SSSR count). The summed E-state index contributed by atoms with van der Waals surface area (Å²) in [6.45, 7) is 3.28. The molecule has 2 unspecified atom stereocenters. The Morgan fingerprint density at radius 1 is 1.29 bits per heavy atom. The zero-order valence-corrected chi connectivity index (χ0v) is 10.9. The van der Waals surface area contributed by atoms with Crippen LogP contribution in [0.5, 0.6) is 0 Å². The van der Waals surface area contributed by atoms with Gasteiger partial charge in [-0.3, -0.25) is 0 Å². The number of fused-ring (bicyclic) bond motifs is 1. The van der Waals surface area contributed by atoms with Gasteiger partial charge in [-0.05, 0) is 31.0 Å². The fourth-order valence-electron chi connectivity index (χ4n) is 2.37. The number of nitrogens with one attached hydrogen (secondary N) is 2. The summed E-state index contributed by atoms with van der Waals surface area (Å²) < 4.78 is 0. The molecule has 3 nitrogen and oxygen atoms in total. The molecule has 0 saturated carbocycles. The minimum absolute atomic E-state index is 0.306. The van der Waals surface area contributed by atoms with Crippen LogP contribution in [0.4, 0.5) is 0 Å². The lowest BCUT2D eigenvalue weighted by atomic mass is 10.0. The molecule has 2 atom stereocenters. The SMILES string of the molecule is CC1CCNC1c1nc2cc(Cl)c(Cl)cc2[nH]1. The predicted octanol–water partition coefficient (Wildman–Crippen LogP) is 3.54. The zero-order valence-electron chi connectivity index (χ0n) is 9.43. The van der Waals surface area contributed by atoms with Crippen LogP contribution in [0.25, 0.3) is 11.0 Å². The predicted molar refractivity (Wildman–Crippen MR) is 70.6 cm³/mol. The number of aromatic nitrogens is 2. The minimum atomic E-state index is 0.306. The molecule has 1 aliphatic rings. The molecule has 17 heavy (non-hydrogen) atoms. The number of hydrogen-bond donors (Lipinski definition) is 2. The van der Waals surface area contributed by atoms with Gasteiger partial charge in [0.15, 0.2) is 0 Å². The Morgan fingerprint density at radius 3 is 2.76 bits per heavy atom. The first kappa shape index (κ1) is 11.3. The molecule has 0 radical (unpaired) electrons. The Kier molecular flexibility index (Phi) is 2.77. The number of imidazole rings is 1. The standard InChI is InChI=1S/C12H13Cl2N3/c1-6-2-3-15-11(6)12-16-9-4-7(13)8(14)5-10(9)17-12/h4-6,11,15H,2-3H2,1H3,(H,16,17). The van der Waals surface area contributed by atoms with Gasteiger partial charge in [0.25, 0.3) is 0 Å². The molecule has 2 aromatic rings. The first-order chi connectivity index (χ1) is 8.15. The van der Waals surface area contributed by atoms with Crippen molar-refractivity contribution in [3.63, 3.8) is 0 Å². The molecular weight excluding hydrogens is 257 g/mol. The molecule has 2 heterocycles. The average Bonchev–Trinajstić information content (AvgIpc) is 2.85. The quantitative estimate of drug-likeness (QED) is 0.832. The highest BCUT2D eigenvalue weighted by atomic mass is 35.5. The van der Waals surface area contributed by atoms with Gasteiger partial charge in [0.2, 0.25) is 0 Å². The lowest BCUT2D eigenvalue weighted by Crippen LogP contribution is -2.17. The van der Waals surface area contributed by atoms with Gasteiger partial charge in [-0.1, -0.05) is 30.1 Å². The van der Waals surface area contributed by atoms with E-state index in [4.69, 9.17) is 23.2 Å². The monoisotopic (exact) mass is 269 g/mol. The molecule has 1 saturated heterocycles. The smallest absolute Gasteiger partial charge is 0.124 e. The summed E-state index contributed by atoms with van der Waals surface area (Å²) in [5, 5.41) is 4.56. The van der Waals surface area contributed by atoms with E-state index in [1.165, 1.54) is 6.42 Å². The van der Waals surface area contributed by atoms with Crippen LogP contribution in [-0.2, 0) is 0 Å². The van der Waals surface area contributed by atoms with Crippen molar-refractivity contribution in [3.05, 3.63) is 28.0 Å². The van der Waals surface area contributed by atoms with Gasteiger partial charge in [0.05, 0.1) is 27.1 Å². The van der Waals surface area contributed by atoms with E-state index in [9.17, 15) is 0 Å². The summed E-state index contributed by atoms with van der Waals surface area (Å²) in [7, 11) is 0. The Labute approximate surface area is 110 Å². The van der Waals surface area contributed by atoms with Crippen molar-refractivity contribution in [2.75, 3.05) is 6.54 Å². The van der Waals surface area contributed by atoms with E-state index in [0.717, 1.165) is 23.4 Å². The highest BCUT2D eigenvalue weighted by Crippen LogP contribution is 2.31. The Balaban J connectivity index is 2.07. The summed E-state index contributed by atoms with van der Waals surface area (Å²) >= 11 is 12.0. The molecule has 90 valence electrons. The molecular formula is C12H13Cl2N3. The highest BCUT2D eigenvalue weighted by Gasteiger charge is 2.26. The lowest BCUT2D eigenvalue weighted by Gasteiger charge is -2.11. The van der Waals surface area contributed by atoms with Crippen molar-refractivity contribution in [1.29, 1.82) is 0 Å². The highest BCUT2D eigenvalue weighted by molar-refractivity contribution is 6.42. The zero-order chi connectivity index (χ0) is 12.0. The maximum atomic E-state index is 5.99. The molecule has 0 spiro atoms. The second-order valence-corrected chi connectivity index (χ2v) is 5.42. The second kappa shape index (κ2) is 4.16. The van der Waals surface area contributed by atoms with Crippen molar-refractivity contribution < 1.29 is 0 Å². The molecule has 0 amide bonds. The van der Waals surface area contributed by atoms with E-state index in [1.807, 2.05) is 6.07 Å². The van der Waals surface area contributed by atoms with Gasteiger partial charge in [0.1, 0.15) is 5.82 Å². The van der Waals surface area contributed by atoms with Gasteiger partial charge in [-0.25, -0.2) is 4.98 Å². The van der Waals surface area contributed by atoms with Crippen LogP contribution in [0.3, 0.4) is 0 Å². The van der Waals surface area contributed by atoms with E-state index < -0.39 is 0 Å². The van der Waals surface area contributed by atoms with Gasteiger partial charge in [-0.15, -0.1) is 0 Å². The first-order valence-corrected chi connectivity index (χ1v) is 6.49. The fourth-order valence-corrected chi connectivity index (χ4v) is 2.69. The van der Waals surface area contributed by atoms with Crippen molar-refractivity contribution in [1.82, 2.24) is 15.3 Å². The summed E-state index contributed by atoms with van der Waals surface area (Å²) in [6, 6.07) is 3.94. The largest absolute Gasteiger partial charge is 0.341 e. The number of benzene rings is 1. The third kappa shape index (κ3) is 1.92. The van der Waals surface area contributed by atoms with Crippen molar-refractivity contribution in [2.45, 2.75) is 19.4 Å². The number of aromatic amines is 1. The fraction of sp³-hybridized carbons (Fsp3) is 0.417. The van der Waals surface area contributed by atoms with Crippen LogP contribution in [0.15, 0.2) is 12.1 Å². The summed E-state index contributed by atoms with van der Waals surface area (Å²) in [5.41, 5.74) is 1.81. The Hall–Kier alpha value is -0.770. The third-order valence-corrected chi connectivity index (χ3v) is 4.09. The molecule has 1 aromatic carbocycles. The van der Waals surface area contributed by atoms with Gasteiger partial charge < -0.3 is 10.3 Å². The first-order valence-electron chi connectivity index (χ1n) is 5.73.